The maximum Gasteiger partial charge on any atom is 0.303 e. The van der Waals surface area contributed by atoms with E-state index >= 15 is 0 Å². The van der Waals surface area contributed by atoms with Crippen molar-refractivity contribution in [3.8, 4) is 0 Å². The Balaban J connectivity index is 2.42. The van der Waals surface area contributed by atoms with Gasteiger partial charge in [-0.1, -0.05) is 60.7 Å². The van der Waals surface area contributed by atoms with E-state index in [1.165, 1.54) is 0 Å². The first-order valence-electron chi connectivity index (χ1n) is 7.64. The number of hydrogen-bond acceptors (Lipinski definition) is 4. The summed E-state index contributed by atoms with van der Waals surface area (Å²) in [6.07, 6.45) is -1.85. The second-order valence-corrected chi connectivity index (χ2v) is 5.57. The first-order chi connectivity index (χ1) is 11.5. The highest BCUT2D eigenvalue weighted by molar-refractivity contribution is 5.66. The van der Waals surface area contributed by atoms with Crippen molar-refractivity contribution in [2.75, 3.05) is 0 Å². The summed E-state index contributed by atoms with van der Waals surface area (Å²) in [6, 6.07) is 16.5. The predicted molar refractivity (Wildman–Crippen MR) is 88.4 cm³/mol. The number of carboxylic acids is 1. The Labute approximate surface area is 139 Å². The molecule has 0 fully saturated rings. The second kappa shape index (κ2) is 8.21. The molecular weight excluding hydrogens is 310 g/mol. The van der Waals surface area contributed by atoms with Gasteiger partial charge >= 0.3 is 5.97 Å². The fourth-order valence-corrected chi connectivity index (χ4v) is 2.83. The molecule has 2 aromatic rings. The van der Waals surface area contributed by atoms with E-state index in [1.54, 1.807) is 48.5 Å². The van der Waals surface area contributed by atoms with Crippen LogP contribution in [0.3, 0.4) is 0 Å². The van der Waals surface area contributed by atoms with Crippen LogP contribution in [0.5, 0.6) is 0 Å². The molecule has 2 rings (SSSR count). The largest absolute Gasteiger partial charge is 0.481 e. The molecule has 0 radical (unpaired) electrons. The summed E-state index contributed by atoms with van der Waals surface area (Å²) >= 11 is 0. The first kappa shape index (κ1) is 17.6. The lowest BCUT2D eigenvalue weighted by Crippen LogP contribution is -2.40. The van der Waals surface area contributed by atoms with Crippen molar-refractivity contribution in [3.63, 3.8) is 0 Å². The molecule has 2 atom stereocenters. The van der Waals surface area contributed by atoms with Crippen molar-refractivity contribution in [2.24, 2.45) is 0 Å². The minimum atomic E-state index is -1.36. The van der Waals surface area contributed by atoms with Crippen LogP contribution in [0.25, 0.3) is 0 Å². The zero-order valence-electron chi connectivity index (χ0n) is 13.0. The van der Waals surface area contributed by atoms with Crippen LogP contribution in [0.1, 0.15) is 29.9 Å². The van der Waals surface area contributed by atoms with Gasteiger partial charge in [-0.15, -0.1) is 0 Å². The number of carbonyl (C=O) groups is 1. The highest BCUT2D eigenvalue weighted by Gasteiger charge is 2.40. The quantitative estimate of drug-likeness (QED) is 0.573. The average Bonchev–Trinajstić information content (AvgIpc) is 2.58. The Morgan fingerprint density at radius 1 is 1.00 bits per heavy atom. The summed E-state index contributed by atoms with van der Waals surface area (Å²) < 4.78 is 0. The fourth-order valence-electron chi connectivity index (χ4n) is 2.83. The predicted octanol–water partition coefficient (Wildman–Crippen LogP) is 2.69. The van der Waals surface area contributed by atoms with Crippen LogP contribution < -0.4 is 0 Å². The molecule has 0 saturated carbocycles. The molecule has 0 aliphatic rings. The molecular formula is C18H19NO5. The van der Waals surface area contributed by atoms with Gasteiger partial charge < -0.3 is 10.2 Å². The lowest BCUT2D eigenvalue weighted by molar-refractivity contribution is -0.537. The number of carboxylic acid groups (broad SMARTS) is 1. The van der Waals surface area contributed by atoms with Gasteiger partial charge in [-0.05, 0) is 17.5 Å². The van der Waals surface area contributed by atoms with Gasteiger partial charge in [-0.3, -0.25) is 14.9 Å². The Bertz CT molecular complexity index is 635. The van der Waals surface area contributed by atoms with Crippen molar-refractivity contribution in [1.29, 1.82) is 0 Å². The molecule has 2 N–H and O–H groups in total. The Morgan fingerprint density at radius 2 is 1.46 bits per heavy atom. The summed E-state index contributed by atoms with van der Waals surface area (Å²) in [5, 5.41) is 30.8. The summed E-state index contributed by atoms with van der Waals surface area (Å²) in [6.45, 7) is 0. The van der Waals surface area contributed by atoms with Gasteiger partial charge in [0.15, 0.2) is 0 Å². The fraction of sp³-hybridized carbons (Fsp3) is 0.278. The standard InChI is InChI=1S/C18H19NO5/c20-15(11-12-16(21)22)18(19(23)24)17(13-7-3-1-4-8-13)14-9-5-2-6-10-14/h1-10,15,17-18,20H,11-12H2,(H,21,22). The van der Waals surface area contributed by atoms with Crippen LogP contribution in [0, 0.1) is 10.1 Å². The Kier molecular flexibility index (Phi) is 6.03. The minimum absolute atomic E-state index is 0.169. The number of hydrogen-bond donors (Lipinski definition) is 2. The molecule has 0 aromatic heterocycles. The molecule has 6 heteroatoms. The number of rotatable bonds is 8. The minimum Gasteiger partial charge on any atom is -0.481 e. The average molecular weight is 329 g/mol. The van der Waals surface area contributed by atoms with Gasteiger partial charge in [0, 0.05) is 11.3 Å². The van der Waals surface area contributed by atoms with Crippen LogP contribution in [0.4, 0.5) is 0 Å². The van der Waals surface area contributed by atoms with Crippen LogP contribution in [-0.2, 0) is 4.79 Å². The SMILES string of the molecule is O=C(O)CCC(O)C(C(c1ccccc1)c1ccccc1)[N+](=O)[O-]. The van der Waals surface area contributed by atoms with Gasteiger partial charge in [0.2, 0.25) is 6.04 Å². The smallest absolute Gasteiger partial charge is 0.303 e. The Hall–Kier alpha value is -2.73. The number of aliphatic hydroxyl groups is 1. The molecule has 0 bridgehead atoms. The van der Waals surface area contributed by atoms with E-state index in [-0.39, 0.29) is 12.8 Å². The highest BCUT2D eigenvalue weighted by atomic mass is 16.6. The lowest BCUT2D eigenvalue weighted by atomic mass is 9.82. The zero-order valence-corrected chi connectivity index (χ0v) is 13.0. The molecule has 0 aliphatic carbocycles. The summed E-state index contributed by atoms with van der Waals surface area (Å²) in [5.74, 6) is -1.75. The van der Waals surface area contributed by atoms with Crippen LogP contribution in [0.2, 0.25) is 0 Å². The molecule has 2 aromatic carbocycles. The summed E-state index contributed by atoms with van der Waals surface area (Å²) in [4.78, 5) is 21.9. The topological polar surface area (TPSA) is 101 Å². The monoisotopic (exact) mass is 329 g/mol. The van der Waals surface area contributed by atoms with Crippen LogP contribution in [-0.4, -0.2) is 33.3 Å². The molecule has 0 heterocycles. The zero-order chi connectivity index (χ0) is 17.5. The number of aliphatic hydroxyl groups excluding tert-OH is 1. The number of nitro groups is 1. The molecule has 24 heavy (non-hydrogen) atoms. The van der Waals surface area contributed by atoms with Gasteiger partial charge in [-0.2, -0.15) is 0 Å². The van der Waals surface area contributed by atoms with Gasteiger partial charge in [0.25, 0.3) is 0 Å². The maximum absolute atomic E-state index is 11.7. The molecule has 2 unspecified atom stereocenters. The third-order valence-electron chi connectivity index (χ3n) is 3.95. The van der Waals surface area contributed by atoms with E-state index in [4.69, 9.17) is 5.11 Å². The third-order valence-corrected chi connectivity index (χ3v) is 3.95. The number of benzene rings is 2. The molecule has 0 amide bonds. The first-order valence-corrected chi connectivity index (χ1v) is 7.64. The van der Waals surface area contributed by atoms with Crippen molar-refractivity contribution in [2.45, 2.75) is 30.9 Å². The summed E-state index contributed by atoms with van der Waals surface area (Å²) in [7, 11) is 0. The second-order valence-electron chi connectivity index (χ2n) is 5.57. The van der Waals surface area contributed by atoms with E-state index in [0.29, 0.717) is 11.1 Å². The molecule has 0 aliphatic heterocycles. The highest BCUT2D eigenvalue weighted by Crippen LogP contribution is 2.32. The molecule has 6 nitrogen and oxygen atoms in total. The van der Waals surface area contributed by atoms with E-state index in [0.717, 1.165) is 0 Å². The van der Waals surface area contributed by atoms with Crippen molar-refractivity contribution in [1.82, 2.24) is 0 Å². The molecule has 0 saturated heterocycles. The van der Waals surface area contributed by atoms with Crippen molar-refractivity contribution >= 4 is 5.97 Å². The van der Waals surface area contributed by atoms with E-state index in [1.807, 2.05) is 12.1 Å². The van der Waals surface area contributed by atoms with Gasteiger partial charge in [-0.25, -0.2) is 0 Å². The Morgan fingerprint density at radius 3 is 1.83 bits per heavy atom. The van der Waals surface area contributed by atoms with E-state index in [2.05, 4.69) is 0 Å². The third kappa shape index (κ3) is 4.39. The van der Waals surface area contributed by atoms with Gasteiger partial charge in [0.1, 0.15) is 6.10 Å². The van der Waals surface area contributed by atoms with E-state index in [9.17, 15) is 20.0 Å². The molecule has 0 spiro atoms. The lowest BCUT2D eigenvalue weighted by Gasteiger charge is -2.25. The van der Waals surface area contributed by atoms with Crippen LogP contribution in [0.15, 0.2) is 60.7 Å². The van der Waals surface area contributed by atoms with Crippen molar-refractivity contribution < 1.29 is 19.9 Å². The summed E-state index contributed by atoms with van der Waals surface area (Å²) in [5.41, 5.74) is 1.42. The van der Waals surface area contributed by atoms with Crippen molar-refractivity contribution in [3.05, 3.63) is 81.9 Å². The number of nitrogens with zero attached hydrogens (tertiary/aromatic N) is 1. The molecule has 126 valence electrons. The van der Waals surface area contributed by atoms with Crippen LogP contribution >= 0.6 is 0 Å². The van der Waals surface area contributed by atoms with Gasteiger partial charge in [0.05, 0.1) is 5.92 Å². The maximum atomic E-state index is 11.7. The van der Waals surface area contributed by atoms with E-state index < -0.39 is 29.0 Å². The number of aliphatic carboxylic acids is 1. The normalized spacial score (nSPS) is 13.4.